The van der Waals surface area contributed by atoms with Crippen molar-refractivity contribution in [2.45, 2.75) is 105 Å². The molecule has 0 radical (unpaired) electrons. The number of allylic oxidation sites excluding steroid dienone is 2. The number of carboxylic acid groups (broad SMARTS) is 1. The third-order valence-electron chi connectivity index (χ3n) is 12.2. The second-order valence-corrected chi connectivity index (χ2v) is 14.1. The molecule has 4 aliphatic carbocycles. The second-order valence-electron chi connectivity index (χ2n) is 14.1. The van der Waals surface area contributed by atoms with Crippen LogP contribution in [0.2, 0.25) is 0 Å². The quantitative estimate of drug-likeness (QED) is 0.289. The van der Waals surface area contributed by atoms with Crippen molar-refractivity contribution < 1.29 is 24.2 Å². The van der Waals surface area contributed by atoms with Gasteiger partial charge in [0.1, 0.15) is 12.4 Å². The Balaban J connectivity index is 1.45. The largest absolute Gasteiger partial charge is 0.481 e. The van der Waals surface area contributed by atoms with Gasteiger partial charge in [-0.1, -0.05) is 76.1 Å². The highest BCUT2D eigenvalue weighted by molar-refractivity contribution is 5.85. The molecule has 0 spiro atoms. The van der Waals surface area contributed by atoms with Crippen molar-refractivity contribution in [2.75, 3.05) is 0 Å². The maximum Gasteiger partial charge on any atom is 0.309 e. The van der Waals surface area contributed by atoms with E-state index in [1.165, 1.54) is 0 Å². The van der Waals surface area contributed by atoms with Crippen LogP contribution in [0.3, 0.4) is 0 Å². The first-order valence-corrected chi connectivity index (χ1v) is 15.0. The number of carbonyl (C=O) groups is 3. The number of hydrogen-bond acceptors (Lipinski definition) is 4. The van der Waals surface area contributed by atoms with E-state index in [9.17, 15) is 19.5 Å². The number of carboxylic acids is 1. The predicted octanol–water partition coefficient (Wildman–Crippen LogP) is 7.53. The molecule has 2 fully saturated rings. The van der Waals surface area contributed by atoms with Crippen LogP contribution in [-0.2, 0) is 25.7 Å². The summed E-state index contributed by atoms with van der Waals surface area (Å²) >= 11 is 0. The number of rotatable bonds is 7. The molecule has 5 heteroatoms. The molecule has 0 amide bonds. The summed E-state index contributed by atoms with van der Waals surface area (Å²) < 4.78 is 5.84. The Bertz CT molecular complexity index is 1180. The van der Waals surface area contributed by atoms with E-state index in [0.717, 1.165) is 50.5 Å². The molecule has 0 aliphatic heterocycles. The van der Waals surface area contributed by atoms with E-state index < -0.39 is 11.9 Å². The third-order valence-corrected chi connectivity index (χ3v) is 12.2. The molecule has 0 aromatic heterocycles. The fraction of sp³-hybridized carbons (Fsp3) is 0.676. The molecule has 0 bridgehead atoms. The van der Waals surface area contributed by atoms with Crippen LogP contribution in [0.4, 0.5) is 0 Å². The molecule has 0 heterocycles. The summed E-state index contributed by atoms with van der Waals surface area (Å²) in [6.45, 7) is 11.8. The first kappa shape index (κ1) is 28.1. The Morgan fingerprint density at radius 3 is 2.36 bits per heavy atom. The van der Waals surface area contributed by atoms with E-state index in [4.69, 9.17) is 4.74 Å². The van der Waals surface area contributed by atoms with Gasteiger partial charge >= 0.3 is 11.9 Å². The standard InChI is InChI=1S/C34H46O5/c1-31(2)27-13-12-26-25(32(27,3)18-17-28(31)35)16-20-33(4)24(15-19-34(26,33)5)23(11-14-29(36)37)30(38)39-21-22-9-7-6-8-10-22/h6-10,23-24,27H,11-21H2,1-5H3,(H,36,37)/t23-,24-,27-,32+,33-,34+/m0/s1. The van der Waals surface area contributed by atoms with E-state index in [1.54, 1.807) is 11.1 Å². The average Bonchev–Trinajstić information content (AvgIpc) is 3.17. The lowest BCUT2D eigenvalue weighted by molar-refractivity contribution is -0.155. The van der Waals surface area contributed by atoms with Gasteiger partial charge in [0.2, 0.25) is 0 Å². The molecule has 4 aliphatic rings. The lowest BCUT2D eigenvalue weighted by Gasteiger charge is -2.60. The fourth-order valence-electron chi connectivity index (χ4n) is 9.77. The van der Waals surface area contributed by atoms with Gasteiger partial charge in [0, 0.05) is 18.3 Å². The van der Waals surface area contributed by atoms with Gasteiger partial charge in [0.15, 0.2) is 0 Å². The molecule has 39 heavy (non-hydrogen) atoms. The van der Waals surface area contributed by atoms with Crippen LogP contribution in [0.1, 0.15) is 104 Å². The molecule has 2 saturated carbocycles. The molecule has 212 valence electrons. The van der Waals surface area contributed by atoms with E-state index in [-0.39, 0.29) is 46.6 Å². The van der Waals surface area contributed by atoms with Crippen molar-refractivity contribution in [2.24, 2.45) is 39.4 Å². The van der Waals surface area contributed by atoms with Crippen LogP contribution in [-0.4, -0.2) is 22.8 Å². The molecule has 5 rings (SSSR count). The summed E-state index contributed by atoms with van der Waals surface area (Å²) in [5.41, 5.74) is 3.80. The van der Waals surface area contributed by atoms with Crippen LogP contribution >= 0.6 is 0 Å². The fourth-order valence-corrected chi connectivity index (χ4v) is 9.77. The predicted molar refractivity (Wildman–Crippen MR) is 151 cm³/mol. The number of benzene rings is 1. The average molecular weight is 535 g/mol. The van der Waals surface area contributed by atoms with Crippen molar-refractivity contribution in [1.82, 2.24) is 0 Å². The summed E-state index contributed by atoms with van der Waals surface area (Å²) in [7, 11) is 0. The van der Waals surface area contributed by atoms with Crippen molar-refractivity contribution in [3.63, 3.8) is 0 Å². The zero-order chi connectivity index (χ0) is 28.2. The van der Waals surface area contributed by atoms with Crippen molar-refractivity contribution >= 4 is 17.7 Å². The first-order valence-electron chi connectivity index (χ1n) is 15.0. The van der Waals surface area contributed by atoms with Gasteiger partial charge in [-0.15, -0.1) is 0 Å². The summed E-state index contributed by atoms with van der Waals surface area (Å²) in [6.07, 6.45) is 7.94. The molecule has 1 N–H and O–H groups in total. The highest BCUT2D eigenvalue weighted by Gasteiger charge is 2.64. The van der Waals surface area contributed by atoms with Crippen molar-refractivity contribution in [3.05, 3.63) is 47.0 Å². The van der Waals surface area contributed by atoms with Gasteiger partial charge in [0.25, 0.3) is 0 Å². The van der Waals surface area contributed by atoms with Crippen LogP contribution in [0.5, 0.6) is 0 Å². The van der Waals surface area contributed by atoms with Gasteiger partial charge in [-0.05, 0) is 85.0 Å². The van der Waals surface area contributed by atoms with Crippen LogP contribution < -0.4 is 0 Å². The van der Waals surface area contributed by atoms with E-state index in [2.05, 4.69) is 34.6 Å². The van der Waals surface area contributed by atoms with Gasteiger partial charge in [-0.2, -0.15) is 0 Å². The highest BCUT2D eigenvalue weighted by atomic mass is 16.5. The van der Waals surface area contributed by atoms with Crippen LogP contribution in [0, 0.1) is 39.4 Å². The topological polar surface area (TPSA) is 80.7 Å². The van der Waals surface area contributed by atoms with E-state index in [0.29, 0.717) is 24.5 Å². The molecule has 1 aromatic carbocycles. The normalized spacial score (nSPS) is 36.0. The van der Waals surface area contributed by atoms with Gasteiger partial charge in [0.05, 0.1) is 5.92 Å². The lowest BCUT2D eigenvalue weighted by Crippen LogP contribution is -2.54. The Kier molecular flexibility index (Phi) is 7.13. The number of ether oxygens (including phenoxy) is 1. The highest BCUT2D eigenvalue weighted by Crippen LogP contribution is 2.72. The smallest absolute Gasteiger partial charge is 0.309 e. The lowest BCUT2D eigenvalue weighted by atomic mass is 9.43. The first-order chi connectivity index (χ1) is 18.3. The Morgan fingerprint density at radius 1 is 0.949 bits per heavy atom. The van der Waals surface area contributed by atoms with Gasteiger partial charge in [-0.3, -0.25) is 14.4 Å². The summed E-state index contributed by atoms with van der Waals surface area (Å²) in [5.74, 6) is -0.649. The zero-order valence-electron chi connectivity index (χ0n) is 24.5. The maximum atomic E-state index is 13.6. The summed E-state index contributed by atoms with van der Waals surface area (Å²) in [5, 5.41) is 9.51. The number of Topliss-reactive ketones (excluding diaryl/α,β-unsaturated/α-hetero) is 1. The molecule has 0 unspecified atom stereocenters. The molecule has 6 atom stereocenters. The van der Waals surface area contributed by atoms with Crippen LogP contribution in [0.25, 0.3) is 0 Å². The molecular formula is C34H46O5. The Hall–Kier alpha value is -2.43. The van der Waals surface area contributed by atoms with Gasteiger partial charge in [-0.25, -0.2) is 0 Å². The number of aliphatic carboxylic acids is 1. The van der Waals surface area contributed by atoms with Crippen LogP contribution in [0.15, 0.2) is 41.5 Å². The Morgan fingerprint density at radius 2 is 1.67 bits per heavy atom. The Labute approximate surface area is 233 Å². The molecule has 1 aromatic rings. The van der Waals surface area contributed by atoms with E-state index in [1.807, 2.05) is 30.3 Å². The summed E-state index contributed by atoms with van der Waals surface area (Å²) in [6, 6.07) is 9.69. The minimum absolute atomic E-state index is 0.0218. The molecular weight excluding hydrogens is 488 g/mol. The SMILES string of the molecule is CC1(C)C(=O)CC[C@]2(C)C3=C(CC[C@@H]12)[C@@]1(C)CC[C@@H]([C@H](CCC(=O)O)C(=O)OCc2ccccc2)[C@]1(C)CC3. The van der Waals surface area contributed by atoms with Crippen molar-refractivity contribution in [1.29, 1.82) is 0 Å². The van der Waals surface area contributed by atoms with Crippen molar-refractivity contribution in [3.8, 4) is 0 Å². The summed E-state index contributed by atoms with van der Waals surface area (Å²) in [4.78, 5) is 38.1. The zero-order valence-corrected chi connectivity index (χ0v) is 24.5. The monoisotopic (exact) mass is 534 g/mol. The van der Waals surface area contributed by atoms with E-state index >= 15 is 0 Å². The number of ketones is 1. The molecule has 0 saturated heterocycles. The minimum Gasteiger partial charge on any atom is -0.481 e. The maximum absolute atomic E-state index is 13.6. The number of carbonyl (C=O) groups excluding carboxylic acids is 2. The third kappa shape index (κ3) is 4.39. The number of fused-ring (bicyclic) bond motifs is 4. The van der Waals surface area contributed by atoms with Gasteiger partial charge < -0.3 is 9.84 Å². The molecule has 5 nitrogen and oxygen atoms in total. The number of esters is 1. The number of hydrogen-bond donors (Lipinski definition) is 1. The minimum atomic E-state index is -0.865. The second kappa shape index (κ2) is 9.89.